The van der Waals surface area contributed by atoms with E-state index in [1.165, 1.54) is 0 Å². The van der Waals surface area contributed by atoms with E-state index >= 15 is 0 Å². The van der Waals surface area contributed by atoms with Crippen LogP contribution in [0.1, 0.15) is 40.5 Å². The van der Waals surface area contributed by atoms with Crippen LogP contribution in [0.25, 0.3) is 0 Å². The maximum Gasteiger partial charge on any atom is 0.411 e. The first-order valence-corrected chi connectivity index (χ1v) is 6.02. The first kappa shape index (κ1) is 16.7. The summed E-state index contributed by atoms with van der Waals surface area (Å²) in [5, 5.41) is 3.15. The predicted molar refractivity (Wildman–Crippen MR) is 63.0 cm³/mol. The second kappa shape index (κ2) is 7.21. The van der Waals surface area contributed by atoms with Gasteiger partial charge in [0.15, 0.2) is 0 Å². The molecular weight excluding hydrogens is 231 g/mol. The topological polar surface area (TPSA) is 21.3 Å². The minimum absolute atomic E-state index is 0.00146. The fourth-order valence-corrected chi connectivity index (χ4v) is 1.46. The fraction of sp³-hybridized carbons (Fsp3) is 1.00. The van der Waals surface area contributed by atoms with Crippen molar-refractivity contribution in [2.75, 3.05) is 19.8 Å². The Kier molecular flexibility index (Phi) is 7.09. The molecule has 0 aliphatic carbocycles. The Hall–Kier alpha value is -0.290. The zero-order valence-corrected chi connectivity index (χ0v) is 11.2. The molecule has 0 aromatic heterocycles. The molecule has 1 N–H and O–H groups in total. The predicted octanol–water partition coefficient (Wildman–Crippen LogP) is 3.37. The smallest absolute Gasteiger partial charge is 0.370 e. The van der Waals surface area contributed by atoms with Crippen LogP contribution >= 0.6 is 0 Å². The number of hydrogen-bond donors (Lipinski definition) is 1. The van der Waals surface area contributed by atoms with Crippen molar-refractivity contribution in [1.29, 1.82) is 0 Å². The number of alkyl halides is 3. The third-order valence-corrected chi connectivity index (χ3v) is 2.32. The maximum atomic E-state index is 11.9. The third kappa shape index (κ3) is 12.0. The van der Waals surface area contributed by atoms with E-state index in [4.69, 9.17) is 4.74 Å². The number of hydrogen-bond acceptors (Lipinski definition) is 2. The van der Waals surface area contributed by atoms with Crippen LogP contribution in [0.15, 0.2) is 0 Å². The van der Waals surface area contributed by atoms with Gasteiger partial charge >= 0.3 is 6.18 Å². The number of nitrogens with one attached hydrogen (secondary N) is 1. The van der Waals surface area contributed by atoms with Gasteiger partial charge in [-0.05, 0) is 24.8 Å². The van der Waals surface area contributed by atoms with Crippen molar-refractivity contribution in [3.05, 3.63) is 0 Å². The lowest BCUT2D eigenvalue weighted by Gasteiger charge is -2.24. The molecule has 0 heterocycles. The molecule has 0 aromatic carbocycles. The second-order valence-corrected chi connectivity index (χ2v) is 5.48. The highest BCUT2D eigenvalue weighted by Crippen LogP contribution is 2.22. The number of rotatable bonds is 7. The summed E-state index contributed by atoms with van der Waals surface area (Å²) >= 11 is 0. The summed E-state index contributed by atoms with van der Waals surface area (Å²) in [6.07, 6.45) is -2.45. The van der Waals surface area contributed by atoms with Gasteiger partial charge in [0.2, 0.25) is 0 Å². The molecule has 104 valence electrons. The van der Waals surface area contributed by atoms with Gasteiger partial charge in [0, 0.05) is 6.04 Å². The SMILES string of the molecule is CCNC(CCC(C)(C)C)COCC(F)(F)F. The van der Waals surface area contributed by atoms with Crippen molar-refractivity contribution in [3.63, 3.8) is 0 Å². The minimum Gasteiger partial charge on any atom is -0.370 e. The molecule has 0 saturated heterocycles. The van der Waals surface area contributed by atoms with E-state index in [1.807, 2.05) is 6.92 Å². The fourth-order valence-electron chi connectivity index (χ4n) is 1.46. The van der Waals surface area contributed by atoms with Gasteiger partial charge in [-0.1, -0.05) is 27.7 Å². The van der Waals surface area contributed by atoms with Gasteiger partial charge in [0.05, 0.1) is 6.61 Å². The van der Waals surface area contributed by atoms with Crippen molar-refractivity contribution in [2.24, 2.45) is 5.41 Å². The average molecular weight is 255 g/mol. The Morgan fingerprint density at radius 1 is 1.18 bits per heavy atom. The van der Waals surface area contributed by atoms with Crippen molar-refractivity contribution >= 4 is 0 Å². The first-order valence-electron chi connectivity index (χ1n) is 6.02. The zero-order chi connectivity index (χ0) is 13.5. The molecule has 0 fully saturated rings. The molecular formula is C12H24F3NO. The van der Waals surface area contributed by atoms with Crippen LogP contribution in [-0.4, -0.2) is 32.0 Å². The molecule has 1 unspecified atom stereocenters. The van der Waals surface area contributed by atoms with E-state index in [2.05, 4.69) is 26.1 Å². The summed E-state index contributed by atoms with van der Waals surface area (Å²) in [6.45, 7) is 7.98. The van der Waals surface area contributed by atoms with Gasteiger partial charge in [-0.2, -0.15) is 13.2 Å². The van der Waals surface area contributed by atoms with Crippen LogP contribution in [0.5, 0.6) is 0 Å². The monoisotopic (exact) mass is 255 g/mol. The minimum atomic E-state index is -4.24. The average Bonchev–Trinajstić information content (AvgIpc) is 2.11. The molecule has 0 spiro atoms. The molecule has 0 radical (unpaired) electrons. The van der Waals surface area contributed by atoms with Crippen molar-refractivity contribution in [3.8, 4) is 0 Å². The van der Waals surface area contributed by atoms with E-state index in [0.717, 1.165) is 19.4 Å². The van der Waals surface area contributed by atoms with E-state index in [-0.39, 0.29) is 18.1 Å². The molecule has 0 aliphatic rings. The quantitative estimate of drug-likeness (QED) is 0.753. The Bertz CT molecular complexity index is 199. The van der Waals surface area contributed by atoms with Gasteiger partial charge in [-0.15, -0.1) is 0 Å². The lowest BCUT2D eigenvalue weighted by Crippen LogP contribution is -2.35. The highest BCUT2D eigenvalue weighted by molar-refractivity contribution is 4.71. The number of ether oxygens (including phenoxy) is 1. The molecule has 5 heteroatoms. The van der Waals surface area contributed by atoms with E-state index in [1.54, 1.807) is 0 Å². The molecule has 2 nitrogen and oxygen atoms in total. The lowest BCUT2D eigenvalue weighted by atomic mass is 9.89. The summed E-state index contributed by atoms with van der Waals surface area (Å²) < 4.78 is 40.5. The van der Waals surface area contributed by atoms with E-state index < -0.39 is 12.8 Å². The molecule has 0 amide bonds. The van der Waals surface area contributed by atoms with Crippen LogP contribution in [0.3, 0.4) is 0 Å². The first-order chi connectivity index (χ1) is 7.64. The highest BCUT2D eigenvalue weighted by atomic mass is 19.4. The van der Waals surface area contributed by atoms with Crippen LogP contribution in [-0.2, 0) is 4.74 Å². The van der Waals surface area contributed by atoms with Crippen molar-refractivity contribution < 1.29 is 17.9 Å². The van der Waals surface area contributed by atoms with Crippen LogP contribution < -0.4 is 5.32 Å². The van der Waals surface area contributed by atoms with Gasteiger partial charge in [0.25, 0.3) is 0 Å². The largest absolute Gasteiger partial charge is 0.411 e. The normalized spacial score (nSPS) is 15.0. The van der Waals surface area contributed by atoms with Crippen molar-refractivity contribution in [2.45, 2.75) is 52.8 Å². The Balaban J connectivity index is 3.90. The second-order valence-electron chi connectivity index (χ2n) is 5.48. The summed E-state index contributed by atoms with van der Waals surface area (Å²) in [4.78, 5) is 0. The Labute approximate surface area is 102 Å². The molecule has 17 heavy (non-hydrogen) atoms. The van der Waals surface area contributed by atoms with Gasteiger partial charge in [-0.25, -0.2) is 0 Å². The summed E-state index contributed by atoms with van der Waals surface area (Å²) in [5.41, 5.74) is 0.192. The van der Waals surface area contributed by atoms with Gasteiger partial charge in [0.1, 0.15) is 6.61 Å². The molecule has 0 aliphatic heterocycles. The van der Waals surface area contributed by atoms with Crippen molar-refractivity contribution in [1.82, 2.24) is 5.32 Å². The standard InChI is InChI=1S/C12H24F3NO/c1-5-16-10(6-7-11(2,3)4)8-17-9-12(13,14)15/h10,16H,5-9H2,1-4H3. The van der Waals surface area contributed by atoms with E-state index in [0.29, 0.717) is 0 Å². The zero-order valence-electron chi connectivity index (χ0n) is 11.2. The summed E-state index contributed by atoms with van der Waals surface area (Å²) in [5.74, 6) is 0. The van der Waals surface area contributed by atoms with Gasteiger partial charge < -0.3 is 10.1 Å². The Morgan fingerprint density at radius 2 is 1.76 bits per heavy atom. The summed E-state index contributed by atoms with van der Waals surface area (Å²) in [6, 6.07) is 0.00146. The Morgan fingerprint density at radius 3 is 2.18 bits per heavy atom. The van der Waals surface area contributed by atoms with Crippen LogP contribution in [0, 0.1) is 5.41 Å². The van der Waals surface area contributed by atoms with Gasteiger partial charge in [-0.3, -0.25) is 0 Å². The van der Waals surface area contributed by atoms with E-state index in [9.17, 15) is 13.2 Å². The van der Waals surface area contributed by atoms with Crippen LogP contribution in [0.4, 0.5) is 13.2 Å². The molecule has 1 atom stereocenters. The number of halogens is 3. The number of likely N-dealkylation sites (N-methyl/N-ethyl adjacent to an activating group) is 1. The molecule has 0 aromatic rings. The summed E-state index contributed by atoms with van der Waals surface area (Å²) in [7, 11) is 0. The van der Waals surface area contributed by atoms with Crippen LogP contribution in [0.2, 0.25) is 0 Å². The highest BCUT2D eigenvalue weighted by Gasteiger charge is 2.28. The molecule has 0 saturated carbocycles. The molecule has 0 bridgehead atoms. The lowest BCUT2D eigenvalue weighted by molar-refractivity contribution is -0.175. The third-order valence-electron chi connectivity index (χ3n) is 2.32. The maximum absolute atomic E-state index is 11.9. The molecule has 0 rings (SSSR count).